The maximum absolute atomic E-state index is 14.8. The molecule has 6 aliphatic rings. The van der Waals surface area contributed by atoms with Gasteiger partial charge in [-0.15, -0.1) is 0 Å². The van der Waals surface area contributed by atoms with E-state index < -0.39 is 123 Å². The summed E-state index contributed by atoms with van der Waals surface area (Å²) < 4.78 is 35.4. The zero-order valence-electron chi connectivity index (χ0n) is 31.6. The first-order valence-corrected chi connectivity index (χ1v) is 19.8. The molecule has 0 aromatic rings. The minimum Gasteiger partial charge on any atom is -0.432 e. The molecule has 2 bridgehead atoms. The van der Waals surface area contributed by atoms with E-state index in [1.54, 1.807) is 0 Å². The molecule has 0 aromatic heterocycles. The summed E-state index contributed by atoms with van der Waals surface area (Å²) in [6, 6.07) is 0. The van der Waals surface area contributed by atoms with Crippen LogP contribution >= 0.6 is 0 Å². The number of esters is 1. The van der Waals surface area contributed by atoms with Gasteiger partial charge < -0.3 is 79.5 Å². The molecule has 0 aromatic carbocycles. The van der Waals surface area contributed by atoms with Crippen molar-refractivity contribution in [3.8, 4) is 0 Å². The van der Waals surface area contributed by atoms with Crippen molar-refractivity contribution in [2.75, 3.05) is 19.8 Å². The maximum atomic E-state index is 14.8. The van der Waals surface area contributed by atoms with Crippen LogP contribution in [0.1, 0.15) is 78.1 Å². The summed E-state index contributed by atoms with van der Waals surface area (Å²) >= 11 is 0. The van der Waals surface area contributed by atoms with E-state index in [0.717, 1.165) is 57.8 Å². The molecule has 6 rings (SSSR count). The molecular formula is C38H62O17. The molecule has 0 unspecified atom stereocenters. The van der Waals surface area contributed by atoms with Crippen molar-refractivity contribution in [3.63, 3.8) is 0 Å². The number of hydrogen-bond donors (Lipinski definition) is 10. The Morgan fingerprint density at radius 3 is 1.78 bits per heavy atom. The molecule has 20 atom stereocenters. The average Bonchev–Trinajstić information content (AvgIpc) is 3.31. The molecule has 3 aliphatic carbocycles. The Bertz CT molecular complexity index is 1320. The number of fused-ring (bicyclic) bond motifs is 5. The minimum atomic E-state index is -1.94. The smallest absolute Gasteiger partial charge is 0.314 e. The third-order valence-corrected chi connectivity index (χ3v) is 14.0. The van der Waals surface area contributed by atoms with E-state index >= 15 is 0 Å². The van der Waals surface area contributed by atoms with E-state index in [4.69, 9.17) is 28.4 Å². The molecule has 55 heavy (non-hydrogen) atoms. The fourth-order valence-electron chi connectivity index (χ4n) is 10.5. The molecule has 316 valence electrons. The summed E-state index contributed by atoms with van der Waals surface area (Å²) in [7, 11) is 0. The highest BCUT2D eigenvalue weighted by Crippen LogP contribution is 2.61. The highest BCUT2D eigenvalue weighted by Gasteiger charge is 2.59. The average molecular weight is 791 g/mol. The molecule has 17 heteroatoms. The Morgan fingerprint density at radius 2 is 1.20 bits per heavy atom. The van der Waals surface area contributed by atoms with Gasteiger partial charge in [0.25, 0.3) is 0 Å². The van der Waals surface area contributed by atoms with Gasteiger partial charge in [-0.2, -0.15) is 0 Å². The summed E-state index contributed by atoms with van der Waals surface area (Å²) in [6.45, 7) is 6.18. The fraction of sp³-hybridized carbons (Fsp3) is 0.921. The second-order valence-corrected chi connectivity index (χ2v) is 17.1. The van der Waals surface area contributed by atoms with Crippen molar-refractivity contribution in [1.29, 1.82) is 0 Å². The highest BCUT2D eigenvalue weighted by molar-refractivity contribution is 5.77. The molecule has 0 spiro atoms. The van der Waals surface area contributed by atoms with Gasteiger partial charge >= 0.3 is 5.97 Å². The SMILES string of the molecule is C=C1CC[C@H]2CC[C@@H]1CCC[C@H]1[C@@]2(C)CCC[C@@]1(C)C(=O)O[C@@H]1O[C@H](CO)[C@@H](O)[C@H](O[C@@H]2O[C@H](CO)[C@@H](O)[C@H](O)[C@H]2O)[C@H]1O[C@@H]1O[C@H](CO)[C@@H](O)[C@H](O)[C@H]1O. The predicted octanol–water partition coefficient (Wildman–Crippen LogP) is -1.66. The first kappa shape index (κ1) is 43.2. The lowest BCUT2D eigenvalue weighted by atomic mass is 9.50. The summed E-state index contributed by atoms with van der Waals surface area (Å²) in [5.74, 6) is 0.102. The van der Waals surface area contributed by atoms with Crippen LogP contribution in [0.15, 0.2) is 12.2 Å². The Hall–Kier alpha value is -1.39. The predicted molar refractivity (Wildman–Crippen MR) is 187 cm³/mol. The van der Waals surface area contributed by atoms with Crippen LogP contribution in [-0.2, 0) is 33.2 Å². The molecule has 6 fully saturated rings. The standard InChI is InChI=1S/C38H62O17/c1-17-8-10-19-11-9-18(17)6-4-7-23-37(19,2)12-5-13-38(23,3)36(49)55-35-32(54-34-30(48)28(46)25(43)21(15-40)51-34)31(26(44)22(16-41)52-35)53-33-29(47)27(45)24(42)20(14-39)50-33/h18-35,39-48H,1,4-16H2,2-3H3/t18-,19-,20+,21+,22+,23-,24+,25+,26+,27-,28-,29+,30+,31-,32+,33-,34-,35-,37-,38+/m0/s1. The van der Waals surface area contributed by atoms with Gasteiger partial charge in [0.1, 0.15) is 67.1 Å². The summed E-state index contributed by atoms with van der Waals surface area (Å²) in [5.41, 5.74) is 0.101. The number of ether oxygens (including phenoxy) is 6. The van der Waals surface area contributed by atoms with Crippen LogP contribution in [0, 0.1) is 28.6 Å². The second kappa shape index (κ2) is 17.5. The monoisotopic (exact) mass is 790 g/mol. The number of aliphatic hydroxyl groups is 10. The molecule has 17 nitrogen and oxygen atoms in total. The van der Waals surface area contributed by atoms with Crippen molar-refractivity contribution in [1.82, 2.24) is 0 Å². The van der Waals surface area contributed by atoms with E-state index in [0.29, 0.717) is 18.3 Å². The van der Waals surface area contributed by atoms with E-state index in [2.05, 4.69) is 13.5 Å². The molecule has 3 saturated heterocycles. The van der Waals surface area contributed by atoms with Crippen molar-refractivity contribution < 1.29 is 84.3 Å². The quantitative estimate of drug-likeness (QED) is 0.0925. The number of carbonyl (C=O) groups is 1. The van der Waals surface area contributed by atoms with Crippen LogP contribution in [0.4, 0.5) is 0 Å². The lowest BCUT2D eigenvalue weighted by molar-refractivity contribution is -0.388. The normalized spacial score (nSPS) is 50.9. The fourth-order valence-corrected chi connectivity index (χ4v) is 10.5. The van der Waals surface area contributed by atoms with Gasteiger partial charge in [-0.3, -0.25) is 4.79 Å². The number of rotatable bonds is 9. The van der Waals surface area contributed by atoms with Gasteiger partial charge in [0.2, 0.25) is 6.29 Å². The topological polar surface area (TPSA) is 275 Å². The largest absolute Gasteiger partial charge is 0.432 e. The van der Waals surface area contributed by atoms with Gasteiger partial charge in [-0.25, -0.2) is 0 Å². The van der Waals surface area contributed by atoms with Crippen LogP contribution in [0.25, 0.3) is 0 Å². The third kappa shape index (κ3) is 8.15. The molecule has 0 radical (unpaired) electrons. The lowest BCUT2D eigenvalue weighted by Gasteiger charge is -2.55. The van der Waals surface area contributed by atoms with Crippen LogP contribution in [0.2, 0.25) is 0 Å². The summed E-state index contributed by atoms with van der Waals surface area (Å²) in [5, 5.41) is 105. The molecular weight excluding hydrogens is 728 g/mol. The van der Waals surface area contributed by atoms with Gasteiger partial charge in [0.15, 0.2) is 18.7 Å². The molecule has 3 saturated carbocycles. The van der Waals surface area contributed by atoms with E-state index in [9.17, 15) is 55.9 Å². The van der Waals surface area contributed by atoms with Crippen LogP contribution in [0.3, 0.4) is 0 Å². The van der Waals surface area contributed by atoms with Crippen molar-refractivity contribution in [3.05, 3.63) is 12.2 Å². The zero-order valence-corrected chi connectivity index (χ0v) is 31.6. The van der Waals surface area contributed by atoms with Gasteiger partial charge in [0.05, 0.1) is 25.2 Å². The zero-order chi connectivity index (χ0) is 40.0. The first-order chi connectivity index (χ1) is 26.1. The maximum Gasteiger partial charge on any atom is 0.314 e. The van der Waals surface area contributed by atoms with Gasteiger partial charge in [-0.05, 0) is 81.5 Å². The van der Waals surface area contributed by atoms with Crippen LogP contribution < -0.4 is 0 Å². The Morgan fingerprint density at radius 1 is 0.655 bits per heavy atom. The minimum absolute atomic E-state index is 0.0786. The van der Waals surface area contributed by atoms with Gasteiger partial charge in [0, 0.05) is 0 Å². The van der Waals surface area contributed by atoms with Crippen molar-refractivity contribution in [2.24, 2.45) is 28.6 Å². The Labute approximate surface area is 320 Å². The Kier molecular flexibility index (Phi) is 13.7. The second-order valence-electron chi connectivity index (χ2n) is 17.1. The first-order valence-electron chi connectivity index (χ1n) is 19.8. The molecule has 10 N–H and O–H groups in total. The van der Waals surface area contributed by atoms with E-state index in [1.165, 1.54) is 5.57 Å². The van der Waals surface area contributed by atoms with Crippen LogP contribution in [-0.4, -0.2) is 169 Å². The highest BCUT2D eigenvalue weighted by atomic mass is 16.8. The van der Waals surface area contributed by atoms with E-state index in [1.807, 2.05) is 6.92 Å². The van der Waals surface area contributed by atoms with E-state index in [-0.39, 0.29) is 11.3 Å². The molecule has 0 amide bonds. The number of allylic oxidation sites excluding steroid dienone is 1. The van der Waals surface area contributed by atoms with Crippen LogP contribution in [0.5, 0.6) is 0 Å². The number of carbonyl (C=O) groups excluding carboxylic acids is 1. The number of aliphatic hydroxyl groups excluding tert-OH is 10. The lowest BCUT2D eigenvalue weighted by Crippen LogP contribution is -2.67. The molecule has 3 aliphatic heterocycles. The Balaban J connectivity index is 1.33. The number of hydrogen-bond acceptors (Lipinski definition) is 17. The third-order valence-electron chi connectivity index (χ3n) is 14.0. The summed E-state index contributed by atoms with van der Waals surface area (Å²) in [6.07, 6.45) is -17.3. The molecule has 3 heterocycles. The van der Waals surface area contributed by atoms with Crippen molar-refractivity contribution >= 4 is 5.97 Å². The van der Waals surface area contributed by atoms with Gasteiger partial charge in [-0.1, -0.05) is 31.9 Å². The summed E-state index contributed by atoms with van der Waals surface area (Å²) in [4.78, 5) is 14.8. The van der Waals surface area contributed by atoms with Crippen molar-refractivity contribution in [2.45, 2.75) is 170 Å².